The molecular weight excluding hydrogens is 590 g/mol. The summed E-state index contributed by atoms with van der Waals surface area (Å²) in [5.41, 5.74) is -0.00521. The van der Waals surface area contributed by atoms with Crippen molar-refractivity contribution in [3.8, 4) is 5.75 Å². The van der Waals surface area contributed by atoms with Crippen LogP contribution in [0.5, 0.6) is 5.75 Å². The largest absolute Gasteiger partial charge is 0.433 e. The minimum absolute atomic E-state index is 0.00685. The maximum absolute atomic E-state index is 13.9. The summed E-state index contributed by atoms with van der Waals surface area (Å²) in [7, 11) is 0. The summed E-state index contributed by atoms with van der Waals surface area (Å²) >= 11 is 7.13. The predicted molar refractivity (Wildman–Crippen MR) is 161 cm³/mol. The van der Waals surface area contributed by atoms with Crippen LogP contribution in [0.25, 0.3) is 0 Å². The molecule has 3 rings (SSSR count). The Hall–Kier alpha value is -2.80. The van der Waals surface area contributed by atoms with Gasteiger partial charge in [0.25, 0.3) is 11.8 Å². The van der Waals surface area contributed by atoms with Crippen molar-refractivity contribution in [2.75, 3.05) is 49.6 Å². The van der Waals surface area contributed by atoms with Gasteiger partial charge in [0.1, 0.15) is 12.6 Å². The average molecular weight is 629 g/mol. The number of nitrogens with one attached hydrogen (secondary N) is 2. The highest BCUT2D eigenvalue weighted by Gasteiger charge is 2.33. The number of anilines is 2. The van der Waals surface area contributed by atoms with E-state index in [4.69, 9.17) is 21.1 Å². The van der Waals surface area contributed by atoms with Crippen LogP contribution in [0.2, 0.25) is 4.34 Å². The minimum atomic E-state index is -3.14. The molecule has 1 aliphatic heterocycles. The van der Waals surface area contributed by atoms with Gasteiger partial charge in [-0.3, -0.25) is 19.3 Å². The number of carbonyl (C=O) groups excluding carboxylic acids is 3. The molecule has 0 bridgehead atoms. The van der Waals surface area contributed by atoms with Gasteiger partial charge in [0, 0.05) is 37.9 Å². The number of amides is 3. The fourth-order valence-electron chi connectivity index (χ4n) is 4.60. The lowest BCUT2D eigenvalue weighted by atomic mass is 9.90. The maximum Gasteiger partial charge on any atom is 0.387 e. The van der Waals surface area contributed by atoms with Crippen molar-refractivity contribution >= 4 is 52.0 Å². The lowest BCUT2D eigenvalue weighted by Gasteiger charge is -2.39. The third kappa shape index (κ3) is 10.2. The number of hydrogen-bond donors (Lipinski definition) is 2. The summed E-state index contributed by atoms with van der Waals surface area (Å²) in [6, 6.07) is 6.69. The SMILES string of the molecule is CC(C)(C)CN(CC(C)(C)C)[C@H](CNC(=O)c1ccc(Cl)s1)C(=O)Nc1ccc(N2CCOCC2=O)c(OC(F)F)c1. The summed E-state index contributed by atoms with van der Waals surface area (Å²) in [5, 5.41) is 5.67. The number of morpholine rings is 1. The predicted octanol–water partition coefficient (Wildman–Crippen LogP) is 5.50. The Morgan fingerprint density at radius 1 is 1.12 bits per heavy atom. The molecule has 0 saturated carbocycles. The number of carbonyl (C=O) groups is 3. The molecule has 1 aliphatic rings. The first-order valence-electron chi connectivity index (χ1n) is 13.6. The number of thiophene rings is 1. The third-order valence-electron chi connectivity index (χ3n) is 6.07. The first-order valence-corrected chi connectivity index (χ1v) is 14.8. The van der Waals surface area contributed by atoms with E-state index in [1.165, 1.54) is 23.1 Å². The molecular formula is C29H39ClF2N4O5S. The van der Waals surface area contributed by atoms with Gasteiger partial charge in [0.2, 0.25) is 5.91 Å². The number of benzene rings is 1. The van der Waals surface area contributed by atoms with Gasteiger partial charge in [0.05, 0.1) is 21.5 Å². The van der Waals surface area contributed by atoms with E-state index in [1.54, 1.807) is 12.1 Å². The highest BCUT2D eigenvalue weighted by Crippen LogP contribution is 2.34. The number of ether oxygens (including phenoxy) is 2. The molecule has 0 radical (unpaired) electrons. The second kappa shape index (κ2) is 14.1. The first-order chi connectivity index (χ1) is 19.5. The van der Waals surface area contributed by atoms with E-state index >= 15 is 0 Å². The van der Waals surface area contributed by atoms with E-state index in [9.17, 15) is 23.2 Å². The van der Waals surface area contributed by atoms with Gasteiger partial charge in [-0.2, -0.15) is 8.78 Å². The van der Waals surface area contributed by atoms with Crippen LogP contribution in [0, 0.1) is 10.8 Å². The third-order valence-corrected chi connectivity index (χ3v) is 7.30. The van der Waals surface area contributed by atoms with E-state index in [0.717, 1.165) is 11.3 Å². The Labute approximate surface area is 254 Å². The Morgan fingerprint density at radius 2 is 1.79 bits per heavy atom. The molecule has 13 heteroatoms. The zero-order chi connectivity index (χ0) is 31.2. The zero-order valence-electron chi connectivity index (χ0n) is 24.8. The summed E-state index contributed by atoms with van der Waals surface area (Å²) in [6.45, 7) is 10.5. The maximum atomic E-state index is 13.9. The summed E-state index contributed by atoms with van der Waals surface area (Å²) < 4.78 is 37.0. The van der Waals surface area contributed by atoms with Crippen LogP contribution in [-0.2, 0) is 14.3 Å². The van der Waals surface area contributed by atoms with Gasteiger partial charge >= 0.3 is 6.61 Å². The number of halogens is 3. The molecule has 2 aromatic rings. The van der Waals surface area contributed by atoms with Crippen LogP contribution < -0.4 is 20.3 Å². The second-order valence-electron chi connectivity index (χ2n) is 12.5. The van der Waals surface area contributed by atoms with Gasteiger partial charge in [-0.1, -0.05) is 53.1 Å². The molecule has 2 heterocycles. The molecule has 232 valence electrons. The molecule has 9 nitrogen and oxygen atoms in total. The highest BCUT2D eigenvalue weighted by molar-refractivity contribution is 7.18. The van der Waals surface area contributed by atoms with Crippen LogP contribution in [0.4, 0.5) is 20.2 Å². The molecule has 1 aromatic heterocycles. The van der Waals surface area contributed by atoms with E-state index in [0.29, 0.717) is 22.3 Å². The van der Waals surface area contributed by atoms with Gasteiger partial charge in [-0.15, -0.1) is 11.3 Å². The average Bonchev–Trinajstić information content (AvgIpc) is 3.29. The van der Waals surface area contributed by atoms with Crippen molar-refractivity contribution in [1.82, 2.24) is 10.2 Å². The van der Waals surface area contributed by atoms with Crippen LogP contribution in [0.3, 0.4) is 0 Å². The van der Waals surface area contributed by atoms with E-state index < -0.39 is 18.6 Å². The monoisotopic (exact) mass is 628 g/mol. The molecule has 0 aliphatic carbocycles. The molecule has 42 heavy (non-hydrogen) atoms. The van der Waals surface area contributed by atoms with Crippen LogP contribution in [-0.4, -0.2) is 74.7 Å². The Morgan fingerprint density at radius 3 is 2.33 bits per heavy atom. The van der Waals surface area contributed by atoms with Gasteiger partial charge < -0.3 is 25.0 Å². The fourth-order valence-corrected chi connectivity index (χ4v) is 5.56. The Balaban J connectivity index is 1.91. The topological polar surface area (TPSA) is 100 Å². The second-order valence-corrected chi connectivity index (χ2v) is 14.2. The number of hydrogen-bond acceptors (Lipinski definition) is 7. The lowest BCUT2D eigenvalue weighted by molar-refractivity contribution is -0.126. The van der Waals surface area contributed by atoms with Gasteiger partial charge in [0.15, 0.2) is 5.75 Å². The standard InChI is InChI=1S/C29H39ClF2N4O5S/c1-28(2,3)16-35(17-29(4,5)6)20(14-33-26(39)22-9-10-23(30)42-22)25(38)34-18-7-8-19(21(13-18)41-27(31)32)36-11-12-40-15-24(36)37/h7-10,13,20,27H,11-12,14-17H2,1-6H3,(H,33,39)(H,34,38)/t20-/m1/s1. The molecule has 1 atom stereocenters. The summed E-state index contributed by atoms with van der Waals surface area (Å²) in [6.07, 6.45) is 0. The summed E-state index contributed by atoms with van der Waals surface area (Å²) in [4.78, 5) is 42.8. The molecule has 3 amide bonds. The van der Waals surface area contributed by atoms with E-state index in [2.05, 4.69) is 52.2 Å². The van der Waals surface area contributed by atoms with Crippen molar-refractivity contribution < 1.29 is 32.6 Å². The normalized spacial score (nSPS) is 15.2. The number of nitrogens with zero attached hydrogens (tertiary/aromatic N) is 2. The van der Waals surface area contributed by atoms with Crippen LogP contribution in [0.15, 0.2) is 30.3 Å². The van der Waals surface area contributed by atoms with Gasteiger partial charge in [-0.05, 0) is 35.1 Å². The van der Waals surface area contributed by atoms with Crippen LogP contribution >= 0.6 is 22.9 Å². The Bertz CT molecular complexity index is 1250. The molecule has 2 N–H and O–H groups in total. The minimum Gasteiger partial charge on any atom is -0.433 e. The van der Waals surface area contributed by atoms with Gasteiger partial charge in [-0.25, -0.2) is 0 Å². The Kier molecular flexibility index (Phi) is 11.3. The zero-order valence-corrected chi connectivity index (χ0v) is 26.3. The van der Waals surface area contributed by atoms with Crippen LogP contribution in [0.1, 0.15) is 51.2 Å². The quantitative estimate of drug-likeness (QED) is 0.341. The van der Waals surface area contributed by atoms with Crippen molar-refractivity contribution in [2.24, 2.45) is 10.8 Å². The summed E-state index contributed by atoms with van der Waals surface area (Å²) in [5.74, 6) is -1.44. The first kappa shape index (κ1) is 33.7. The van der Waals surface area contributed by atoms with Crippen molar-refractivity contribution in [3.63, 3.8) is 0 Å². The molecule has 1 fully saturated rings. The number of alkyl halides is 2. The fraction of sp³-hybridized carbons (Fsp3) is 0.552. The van der Waals surface area contributed by atoms with E-state index in [1.807, 2.05) is 4.90 Å². The molecule has 1 saturated heterocycles. The molecule has 1 aromatic carbocycles. The van der Waals surface area contributed by atoms with Crippen molar-refractivity contribution in [1.29, 1.82) is 0 Å². The highest BCUT2D eigenvalue weighted by atomic mass is 35.5. The smallest absolute Gasteiger partial charge is 0.387 e. The lowest BCUT2D eigenvalue weighted by Crippen LogP contribution is -2.54. The van der Waals surface area contributed by atoms with Crippen molar-refractivity contribution in [2.45, 2.75) is 54.2 Å². The molecule has 0 unspecified atom stereocenters. The van der Waals surface area contributed by atoms with E-state index in [-0.39, 0.29) is 66.1 Å². The molecule has 0 spiro atoms. The van der Waals surface area contributed by atoms with Crippen molar-refractivity contribution in [3.05, 3.63) is 39.5 Å². The number of rotatable bonds is 11.